The van der Waals surface area contributed by atoms with Crippen molar-refractivity contribution in [2.75, 3.05) is 18.5 Å². The van der Waals surface area contributed by atoms with Gasteiger partial charge in [-0.25, -0.2) is 0 Å². The topological polar surface area (TPSA) is 55.4 Å². The standard InChI is InChI=1S/C19H37ClNO3P/c1-7-10-13-25(20,14-11-8-2,15-12-9-3)17(6)24-19(23)21-18(22)16(4)5/h17H,4,7-15H2,1-3,5-6H3,(H,21,22,23). The Morgan fingerprint density at radius 2 is 1.44 bits per heavy atom. The van der Waals surface area contributed by atoms with Crippen LogP contribution in [0.3, 0.4) is 0 Å². The first kappa shape index (κ1) is 24.4. The molecule has 1 atom stereocenters. The van der Waals surface area contributed by atoms with Crippen LogP contribution in [0.2, 0.25) is 0 Å². The molecule has 1 unspecified atom stereocenters. The van der Waals surface area contributed by atoms with E-state index in [0.717, 1.165) is 57.0 Å². The van der Waals surface area contributed by atoms with Crippen LogP contribution in [0.4, 0.5) is 4.79 Å². The summed E-state index contributed by atoms with van der Waals surface area (Å²) in [6, 6.07) is 0. The van der Waals surface area contributed by atoms with Crippen LogP contribution < -0.4 is 5.32 Å². The van der Waals surface area contributed by atoms with Gasteiger partial charge in [0.25, 0.3) is 0 Å². The van der Waals surface area contributed by atoms with E-state index < -0.39 is 18.0 Å². The summed E-state index contributed by atoms with van der Waals surface area (Å²) in [7, 11) is 0. The second-order valence-electron chi connectivity index (χ2n) is 7.15. The fourth-order valence-corrected chi connectivity index (χ4v) is 9.51. The second kappa shape index (κ2) is 11.2. The first-order valence-corrected chi connectivity index (χ1v) is 13.3. The Kier molecular flexibility index (Phi) is 10.9. The monoisotopic (exact) mass is 393 g/mol. The Bertz CT molecular complexity index is 443. The second-order valence-corrected chi connectivity index (χ2v) is 15.3. The zero-order chi connectivity index (χ0) is 19.5. The van der Waals surface area contributed by atoms with E-state index in [1.54, 1.807) is 6.92 Å². The predicted octanol–water partition coefficient (Wildman–Crippen LogP) is 6.27. The molecular weight excluding hydrogens is 357 g/mol. The SMILES string of the molecule is C=C(C)C(=O)NC(=O)OC(C)P(Cl)(CCCC)(CCCC)CCCC. The minimum absolute atomic E-state index is 0.274. The molecule has 0 aromatic carbocycles. The number of alkyl carbamates (subject to hydrolysis) is 1. The van der Waals surface area contributed by atoms with E-state index in [1.807, 2.05) is 6.92 Å². The molecule has 1 N–H and O–H groups in total. The molecule has 0 aliphatic rings. The van der Waals surface area contributed by atoms with Gasteiger partial charge < -0.3 is 0 Å². The van der Waals surface area contributed by atoms with Crippen LogP contribution in [0.1, 0.15) is 73.1 Å². The molecule has 0 saturated carbocycles. The molecule has 6 heteroatoms. The number of amides is 2. The number of hydrogen-bond acceptors (Lipinski definition) is 3. The van der Waals surface area contributed by atoms with Gasteiger partial charge in [-0.1, -0.05) is 0 Å². The van der Waals surface area contributed by atoms with Crippen LogP contribution in [-0.4, -0.2) is 36.3 Å². The Morgan fingerprint density at radius 1 is 1.04 bits per heavy atom. The van der Waals surface area contributed by atoms with E-state index in [4.69, 9.17) is 16.0 Å². The zero-order valence-electron chi connectivity index (χ0n) is 16.7. The number of carbonyl (C=O) groups is 2. The Morgan fingerprint density at radius 3 is 1.76 bits per heavy atom. The third-order valence-corrected chi connectivity index (χ3v) is 13.3. The summed E-state index contributed by atoms with van der Waals surface area (Å²) in [6.07, 6.45) is 8.35. The fraction of sp³-hybridized carbons (Fsp3) is 0.789. The van der Waals surface area contributed by atoms with Crippen LogP contribution in [0.15, 0.2) is 12.2 Å². The normalized spacial score (nSPS) is 14.2. The molecule has 0 radical (unpaired) electrons. The molecule has 0 heterocycles. The molecule has 0 aliphatic heterocycles. The molecule has 0 aromatic heterocycles. The van der Waals surface area contributed by atoms with Crippen LogP contribution >= 0.6 is 17.2 Å². The minimum atomic E-state index is -2.74. The van der Waals surface area contributed by atoms with Crippen LogP contribution in [0, 0.1) is 0 Å². The first-order valence-electron chi connectivity index (χ1n) is 9.53. The molecule has 2 amide bonds. The summed E-state index contributed by atoms with van der Waals surface area (Å²) in [5, 5.41) is 2.23. The molecular formula is C19H37ClNO3P. The van der Waals surface area contributed by atoms with Gasteiger partial charge in [0.15, 0.2) is 0 Å². The molecule has 0 spiro atoms. The Balaban J connectivity index is 5.41. The molecule has 25 heavy (non-hydrogen) atoms. The van der Waals surface area contributed by atoms with Gasteiger partial charge in [-0.15, -0.1) is 0 Å². The van der Waals surface area contributed by atoms with Gasteiger partial charge >= 0.3 is 158 Å². The summed E-state index contributed by atoms with van der Waals surface area (Å²) in [5.74, 6) is -3.62. The van der Waals surface area contributed by atoms with Gasteiger partial charge in [0.05, 0.1) is 0 Å². The van der Waals surface area contributed by atoms with Gasteiger partial charge in [-0.3, -0.25) is 0 Å². The Labute approximate surface area is 158 Å². The van der Waals surface area contributed by atoms with Crippen molar-refractivity contribution < 1.29 is 14.3 Å². The van der Waals surface area contributed by atoms with Crippen LogP contribution in [-0.2, 0) is 9.53 Å². The summed E-state index contributed by atoms with van der Waals surface area (Å²) in [4.78, 5) is 23.8. The van der Waals surface area contributed by atoms with Crippen LogP contribution in [0.5, 0.6) is 0 Å². The number of rotatable bonds is 12. The molecule has 0 bridgehead atoms. The van der Waals surface area contributed by atoms with E-state index in [2.05, 4.69) is 32.7 Å². The van der Waals surface area contributed by atoms with Crippen molar-refractivity contribution in [3.8, 4) is 0 Å². The van der Waals surface area contributed by atoms with Crippen molar-refractivity contribution in [1.82, 2.24) is 5.32 Å². The summed E-state index contributed by atoms with van der Waals surface area (Å²) < 4.78 is 5.64. The maximum absolute atomic E-state index is 12.1. The molecule has 0 aliphatic carbocycles. The van der Waals surface area contributed by atoms with Crippen LogP contribution in [0.25, 0.3) is 0 Å². The number of imide groups is 1. The number of ether oxygens (including phenoxy) is 1. The average Bonchev–Trinajstić information content (AvgIpc) is 2.56. The molecule has 0 fully saturated rings. The van der Waals surface area contributed by atoms with Crippen molar-refractivity contribution in [2.45, 2.75) is 79.0 Å². The molecule has 0 saturated heterocycles. The van der Waals surface area contributed by atoms with Crippen molar-refractivity contribution in [3.05, 3.63) is 12.2 Å². The predicted molar refractivity (Wildman–Crippen MR) is 111 cm³/mol. The summed E-state index contributed by atoms with van der Waals surface area (Å²) in [6.45, 7) is 13.5. The molecule has 0 rings (SSSR count). The molecule has 0 aromatic rings. The van der Waals surface area contributed by atoms with E-state index in [0.29, 0.717) is 0 Å². The van der Waals surface area contributed by atoms with Gasteiger partial charge in [0.1, 0.15) is 0 Å². The third kappa shape index (κ3) is 7.66. The number of halogens is 1. The number of carbonyl (C=O) groups excluding carboxylic acids is 2. The van der Waals surface area contributed by atoms with E-state index in [9.17, 15) is 9.59 Å². The Hall–Kier alpha value is -0.600. The third-order valence-electron chi connectivity index (χ3n) is 4.91. The van der Waals surface area contributed by atoms with Gasteiger partial charge in [0, 0.05) is 0 Å². The first-order chi connectivity index (χ1) is 11.6. The van der Waals surface area contributed by atoms with Gasteiger partial charge in [0.2, 0.25) is 0 Å². The zero-order valence-corrected chi connectivity index (χ0v) is 18.3. The fourth-order valence-electron chi connectivity index (χ4n) is 2.99. The van der Waals surface area contributed by atoms with Crippen molar-refractivity contribution >= 4 is 29.2 Å². The van der Waals surface area contributed by atoms with E-state index >= 15 is 0 Å². The van der Waals surface area contributed by atoms with E-state index in [1.165, 1.54) is 0 Å². The van der Waals surface area contributed by atoms with Crippen molar-refractivity contribution in [2.24, 2.45) is 0 Å². The molecule has 4 nitrogen and oxygen atoms in total. The number of nitrogens with one attached hydrogen (secondary N) is 1. The maximum atomic E-state index is 12.1. The molecule has 148 valence electrons. The number of unbranched alkanes of at least 4 members (excludes halogenated alkanes) is 3. The quantitative estimate of drug-likeness (QED) is 0.314. The number of hydrogen-bond donors (Lipinski definition) is 1. The van der Waals surface area contributed by atoms with Crippen molar-refractivity contribution in [3.63, 3.8) is 0 Å². The van der Waals surface area contributed by atoms with Crippen molar-refractivity contribution in [1.29, 1.82) is 0 Å². The summed E-state index contributed by atoms with van der Waals surface area (Å²) in [5.41, 5.74) is 0.274. The van der Waals surface area contributed by atoms with Gasteiger partial charge in [-0.2, -0.15) is 0 Å². The summed E-state index contributed by atoms with van der Waals surface area (Å²) >= 11 is 7.45. The van der Waals surface area contributed by atoms with Gasteiger partial charge in [-0.05, 0) is 0 Å². The van der Waals surface area contributed by atoms with E-state index in [-0.39, 0.29) is 11.4 Å². The average molecular weight is 394 g/mol.